The minimum Gasteiger partial charge on any atom is -0.435 e. The maximum Gasteiger partial charge on any atom is 0.387 e. The summed E-state index contributed by atoms with van der Waals surface area (Å²) >= 11 is 0. The predicted octanol–water partition coefficient (Wildman–Crippen LogP) is 2.93. The number of halogens is 2. The fourth-order valence-corrected chi connectivity index (χ4v) is 2.76. The van der Waals surface area contributed by atoms with Gasteiger partial charge in [-0.1, -0.05) is 12.5 Å². The summed E-state index contributed by atoms with van der Waals surface area (Å²) in [5, 5.41) is 13.6. The van der Waals surface area contributed by atoms with Gasteiger partial charge in [-0.15, -0.1) is 10.2 Å². The Balaban J connectivity index is 1.56. The van der Waals surface area contributed by atoms with E-state index in [2.05, 4.69) is 25.6 Å². The second-order valence-corrected chi connectivity index (χ2v) is 5.71. The van der Waals surface area contributed by atoms with Gasteiger partial charge in [-0.2, -0.15) is 8.78 Å². The standard InChI is InChI=1S/C16H19F2N5O2/c17-15(18)25-12-6-4-5-11(9-12)20-16(24)19-10-14-22-21-13-7-2-1-3-8-23(13)14/h4-6,9,15H,1-3,7-8,10H2,(H2,19,20,24). The number of amides is 2. The van der Waals surface area contributed by atoms with Gasteiger partial charge in [-0.25, -0.2) is 4.79 Å². The van der Waals surface area contributed by atoms with Crippen molar-refractivity contribution in [1.82, 2.24) is 20.1 Å². The zero-order valence-corrected chi connectivity index (χ0v) is 13.5. The van der Waals surface area contributed by atoms with Crippen molar-refractivity contribution in [3.8, 4) is 5.75 Å². The van der Waals surface area contributed by atoms with Crippen molar-refractivity contribution in [3.63, 3.8) is 0 Å². The van der Waals surface area contributed by atoms with Crippen LogP contribution in [0.3, 0.4) is 0 Å². The van der Waals surface area contributed by atoms with E-state index in [4.69, 9.17) is 0 Å². The molecule has 0 bridgehead atoms. The number of aromatic nitrogens is 3. The van der Waals surface area contributed by atoms with Crippen LogP contribution in [0.1, 0.15) is 30.9 Å². The quantitative estimate of drug-likeness (QED) is 0.868. The lowest BCUT2D eigenvalue weighted by Crippen LogP contribution is -2.29. The number of rotatable bonds is 5. The minimum absolute atomic E-state index is 0.0180. The number of carbonyl (C=O) groups excluding carboxylic acids is 1. The number of fused-ring (bicyclic) bond motifs is 1. The van der Waals surface area contributed by atoms with E-state index in [1.807, 2.05) is 4.57 Å². The van der Waals surface area contributed by atoms with Crippen LogP contribution in [-0.2, 0) is 19.5 Å². The van der Waals surface area contributed by atoms with E-state index in [-0.39, 0.29) is 12.3 Å². The number of ether oxygens (including phenoxy) is 1. The van der Waals surface area contributed by atoms with Crippen molar-refractivity contribution in [2.75, 3.05) is 5.32 Å². The third-order valence-corrected chi connectivity index (χ3v) is 3.91. The molecule has 0 spiro atoms. The Labute approximate surface area is 143 Å². The zero-order valence-electron chi connectivity index (χ0n) is 13.5. The Morgan fingerprint density at radius 2 is 2.16 bits per heavy atom. The fourth-order valence-electron chi connectivity index (χ4n) is 2.76. The summed E-state index contributed by atoms with van der Waals surface area (Å²) in [6, 6.07) is 5.36. The first-order valence-electron chi connectivity index (χ1n) is 8.12. The molecule has 7 nitrogen and oxygen atoms in total. The molecule has 1 aromatic carbocycles. The average Bonchev–Trinajstić information content (AvgIpc) is 2.79. The number of aryl methyl sites for hydroxylation is 1. The average molecular weight is 351 g/mol. The zero-order chi connectivity index (χ0) is 17.6. The molecule has 2 heterocycles. The van der Waals surface area contributed by atoms with E-state index < -0.39 is 12.6 Å². The van der Waals surface area contributed by atoms with Crippen LogP contribution in [0.4, 0.5) is 19.3 Å². The summed E-state index contributed by atoms with van der Waals surface area (Å²) in [5.41, 5.74) is 0.357. The molecule has 2 aromatic rings. The molecule has 0 aliphatic carbocycles. The number of benzene rings is 1. The summed E-state index contributed by atoms with van der Waals surface area (Å²) in [6.45, 7) is -1.81. The lowest BCUT2D eigenvalue weighted by Gasteiger charge is -2.10. The Morgan fingerprint density at radius 3 is 3.00 bits per heavy atom. The van der Waals surface area contributed by atoms with Crippen LogP contribution in [0.15, 0.2) is 24.3 Å². The molecule has 9 heteroatoms. The van der Waals surface area contributed by atoms with Gasteiger partial charge < -0.3 is 19.9 Å². The summed E-state index contributed by atoms with van der Waals surface area (Å²) in [6.07, 6.45) is 4.23. The van der Waals surface area contributed by atoms with Gasteiger partial charge in [0.05, 0.1) is 6.54 Å². The van der Waals surface area contributed by atoms with Gasteiger partial charge in [0.1, 0.15) is 11.6 Å². The van der Waals surface area contributed by atoms with E-state index in [1.165, 1.54) is 18.2 Å². The summed E-state index contributed by atoms with van der Waals surface area (Å²) in [5.74, 6) is 1.64. The summed E-state index contributed by atoms with van der Waals surface area (Å²) in [4.78, 5) is 12.0. The first kappa shape index (κ1) is 17.1. The number of nitrogens with one attached hydrogen (secondary N) is 2. The highest BCUT2D eigenvalue weighted by atomic mass is 19.3. The van der Waals surface area contributed by atoms with Crippen LogP contribution >= 0.6 is 0 Å². The number of carbonyl (C=O) groups is 1. The monoisotopic (exact) mass is 351 g/mol. The minimum atomic E-state index is -2.91. The van der Waals surface area contributed by atoms with Gasteiger partial charge >= 0.3 is 12.6 Å². The molecule has 134 valence electrons. The highest BCUT2D eigenvalue weighted by molar-refractivity contribution is 5.89. The van der Waals surface area contributed by atoms with E-state index in [0.29, 0.717) is 11.5 Å². The molecular weight excluding hydrogens is 332 g/mol. The summed E-state index contributed by atoms with van der Waals surface area (Å²) < 4.78 is 30.8. The molecule has 25 heavy (non-hydrogen) atoms. The van der Waals surface area contributed by atoms with Crippen LogP contribution < -0.4 is 15.4 Å². The van der Waals surface area contributed by atoms with Crippen molar-refractivity contribution in [2.24, 2.45) is 0 Å². The van der Waals surface area contributed by atoms with Crippen LogP contribution in [0.2, 0.25) is 0 Å². The molecule has 0 atom stereocenters. The van der Waals surface area contributed by atoms with Gasteiger partial charge in [-0.05, 0) is 25.0 Å². The van der Waals surface area contributed by atoms with Crippen molar-refractivity contribution >= 4 is 11.7 Å². The number of hydrogen-bond acceptors (Lipinski definition) is 4. The number of hydrogen-bond donors (Lipinski definition) is 2. The largest absolute Gasteiger partial charge is 0.435 e. The first-order valence-corrected chi connectivity index (χ1v) is 8.12. The second kappa shape index (κ2) is 7.91. The third-order valence-electron chi connectivity index (χ3n) is 3.91. The maximum absolute atomic E-state index is 12.2. The molecule has 3 rings (SSSR count). The molecule has 0 unspecified atom stereocenters. The van der Waals surface area contributed by atoms with Gasteiger partial charge in [0.25, 0.3) is 0 Å². The Bertz CT molecular complexity index is 735. The first-order chi connectivity index (χ1) is 12.1. The van der Waals surface area contributed by atoms with Crippen molar-refractivity contribution in [3.05, 3.63) is 35.9 Å². The lowest BCUT2D eigenvalue weighted by atomic mass is 10.2. The number of nitrogens with zero attached hydrogens (tertiary/aromatic N) is 3. The van der Waals surface area contributed by atoms with Gasteiger partial charge in [0.2, 0.25) is 0 Å². The van der Waals surface area contributed by atoms with Crippen molar-refractivity contribution in [1.29, 1.82) is 0 Å². The highest BCUT2D eigenvalue weighted by Gasteiger charge is 2.15. The van der Waals surface area contributed by atoms with E-state index in [9.17, 15) is 13.6 Å². The molecular formula is C16H19F2N5O2. The third kappa shape index (κ3) is 4.65. The topological polar surface area (TPSA) is 81.1 Å². The smallest absolute Gasteiger partial charge is 0.387 e. The lowest BCUT2D eigenvalue weighted by molar-refractivity contribution is -0.0497. The summed E-state index contributed by atoms with van der Waals surface area (Å²) in [7, 11) is 0. The molecule has 2 amide bonds. The van der Waals surface area contributed by atoms with E-state index >= 15 is 0 Å². The molecule has 0 radical (unpaired) electrons. The number of urea groups is 1. The molecule has 0 saturated heterocycles. The van der Waals surface area contributed by atoms with Gasteiger partial charge in [0.15, 0.2) is 5.82 Å². The molecule has 0 saturated carbocycles. The Kier molecular flexibility index (Phi) is 5.42. The SMILES string of the molecule is O=C(NCc1nnc2n1CCCCC2)Nc1cccc(OC(F)F)c1. The second-order valence-electron chi connectivity index (χ2n) is 5.71. The van der Waals surface area contributed by atoms with Crippen LogP contribution in [0.25, 0.3) is 0 Å². The van der Waals surface area contributed by atoms with Gasteiger partial charge in [-0.3, -0.25) is 0 Å². The molecule has 1 aromatic heterocycles. The van der Waals surface area contributed by atoms with Crippen molar-refractivity contribution < 1.29 is 18.3 Å². The van der Waals surface area contributed by atoms with Crippen molar-refractivity contribution in [2.45, 2.75) is 45.4 Å². The Hall–Kier alpha value is -2.71. The highest BCUT2D eigenvalue weighted by Crippen LogP contribution is 2.19. The number of alkyl halides is 2. The van der Waals surface area contributed by atoms with Gasteiger partial charge in [0, 0.05) is 24.7 Å². The van der Waals surface area contributed by atoms with Crippen LogP contribution in [0.5, 0.6) is 5.75 Å². The van der Waals surface area contributed by atoms with E-state index in [1.54, 1.807) is 6.07 Å². The predicted molar refractivity (Wildman–Crippen MR) is 86.5 cm³/mol. The molecule has 0 fully saturated rings. The van der Waals surface area contributed by atoms with Crippen LogP contribution in [0, 0.1) is 0 Å². The normalized spacial score (nSPS) is 13.9. The van der Waals surface area contributed by atoms with E-state index in [0.717, 1.165) is 38.1 Å². The Morgan fingerprint density at radius 1 is 1.28 bits per heavy atom. The maximum atomic E-state index is 12.2. The van der Waals surface area contributed by atoms with Crippen LogP contribution in [-0.4, -0.2) is 27.4 Å². The molecule has 1 aliphatic heterocycles. The fraction of sp³-hybridized carbons (Fsp3) is 0.438. The number of anilines is 1. The molecule has 1 aliphatic rings. The molecule has 2 N–H and O–H groups in total.